The number of carbonyl (C=O) groups excluding carboxylic acids is 2. The van der Waals surface area contributed by atoms with E-state index in [2.05, 4.69) is 33.8 Å². The predicted octanol–water partition coefficient (Wildman–Crippen LogP) is 6.52. The summed E-state index contributed by atoms with van der Waals surface area (Å²) in [6.45, 7) is 8.49. The second kappa shape index (κ2) is 10.8. The highest BCUT2D eigenvalue weighted by Crippen LogP contribution is 2.36. The molecule has 0 spiro atoms. The first-order valence-electron chi connectivity index (χ1n) is 11.0. The van der Waals surface area contributed by atoms with E-state index in [0.29, 0.717) is 35.1 Å². The van der Waals surface area contributed by atoms with Crippen LogP contribution in [-0.2, 0) is 12.8 Å². The van der Waals surface area contributed by atoms with Crippen molar-refractivity contribution in [1.82, 2.24) is 0 Å². The summed E-state index contributed by atoms with van der Waals surface area (Å²) in [4.78, 5) is 25.7. The van der Waals surface area contributed by atoms with Crippen LogP contribution in [0.1, 0.15) is 59.5 Å². The van der Waals surface area contributed by atoms with Crippen molar-refractivity contribution >= 4 is 11.9 Å². The zero-order chi connectivity index (χ0) is 23.1. The van der Waals surface area contributed by atoms with Crippen molar-refractivity contribution in [3.63, 3.8) is 0 Å². The number of esters is 2. The van der Waals surface area contributed by atoms with Gasteiger partial charge >= 0.3 is 11.9 Å². The summed E-state index contributed by atoms with van der Waals surface area (Å²) in [6, 6.07) is 21.5. The molecule has 4 nitrogen and oxygen atoms in total. The minimum atomic E-state index is -0.486. The zero-order valence-corrected chi connectivity index (χ0v) is 19.1. The summed E-state index contributed by atoms with van der Waals surface area (Å²) in [5, 5.41) is 0. The van der Waals surface area contributed by atoms with Gasteiger partial charge in [-0.1, -0.05) is 70.2 Å². The third-order valence-corrected chi connectivity index (χ3v) is 4.88. The Morgan fingerprint density at radius 1 is 0.688 bits per heavy atom. The Kier molecular flexibility index (Phi) is 7.82. The molecule has 166 valence electrons. The van der Waals surface area contributed by atoms with E-state index < -0.39 is 11.9 Å². The van der Waals surface area contributed by atoms with Gasteiger partial charge in [0.15, 0.2) is 11.5 Å². The van der Waals surface area contributed by atoms with Crippen LogP contribution in [0.3, 0.4) is 0 Å². The fourth-order valence-electron chi connectivity index (χ4n) is 3.55. The molecule has 0 radical (unpaired) electrons. The van der Waals surface area contributed by atoms with Crippen molar-refractivity contribution in [2.75, 3.05) is 0 Å². The van der Waals surface area contributed by atoms with Crippen molar-refractivity contribution in [3.8, 4) is 11.5 Å². The van der Waals surface area contributed by atoms with E-state index in [0.717, 1.165) is 17.5 Å². The molecule has 0 bridgehead atoms. The Hall–Kier alpha value is -3.40. The fourth-order valence-corrected chi connectivity index (χ4v) is 3.55. The van der Waals surface area contributed by atoms with Crippen molar-refractivity contribution < 1.29 is 19.1 Å². The van der Waals surface area contributed by atoms with Crippen molar-refractivity contribution in [2.24, 2.45) is 11.8 Å². The third-order valence-electron chi connectivity index (χ3n) is 4.88. The monoisotopic (exact) mass is 430 g/mol. The molecule has 0 aromatic heterocycles. The molecule has 3 aromatic carbocycles. The molecule has 0 N–H and O–H groups in total. The first kappa shape index (κ1) is 23.3. The Morgan fingerprint density at radius 3 is 1.69 bits per heavy atom. The number of carbonyl (C=O) groups is 2. The molecule has 0 aliphatic rings. The highest BCUT2D eigenvalue weighted by molar-refractivity contribution is 5.93. The SMILES string of the molecule is CC(C)Cc1cc(CC(C)C)c(OC(=O)c2ccccc2)c(OC(=O)c2ccccc2)c1. The van der Waals surface area contributed by atoms with Crippen LogP contribution < -0.4 is 9.47 Å². The van der Waals surface area contributed by atoms with Crippen molar-refractivity contribution in [2.45, 2.75) is 40.5 Å². The summed E-state index contributed by atoms with van der Waals surface area (Å²) in [5.41, 5.74) is 2.78. The summed E-state index contributed by atoms with van der Waals surface area (Å²) < 4.78 is 11.6. The lowest BCUT2D eigenvalue weighted by Crippen LogP contribution is -2.15. The van der Waals surface area contributed by atoms with Crippen LogP contribution in [0.15, 0.2) is 72.8 Å². The van der Waals surface area contributed by atoms with Crippen LogP contribution in [-0.4, -0.2) is 11.9 Å². The first-order chi connectivity index (χ1) is 15.3. The molecule has 3 aromatic rings. The lowest BCUT2D eigenvalue weighted by atomic mass is 9.95. The van der Waals surface area contributed by atoms with Crippen LogP contribution in [0.2, 0.25) is 0 Å². The number of rotatable bonds is 8. The lowest BCUT2D eigenvalue weighted by molar-refractivity contribution is 0.0680. The maximum Gasteiger partial charge on any atom is 0.343 e. The number of benzene rings is 3. The average molecular weight is 431 g/mol. The first-order valence-corrected chi connectivity index (χ1v) is 11.0. The maximum atomic E-state index is 12.9. The van der Waals surface area contributed by atoms with E-state index in [9.17, 15) is 9.59 Å². The molecule has 3 rings (SSSR count). The van der Waals surface area contributed by atoms with Crippen molar-refractivity contribution in [3.05, 3.63) is 95.1 Å². The van der Waals surface area contributed by atoms with Gasteiger partial charge in [0.25, 0.3) is 0 Å². The van der Waals surface area contributed by atoms with Crippen LogP contribution in [0.5, 0.6) is 11.5 Å². The molecule has 0 unspecified atom stereocenters. The predicted molar refractivity (Wildman–Crippen MR) is 126 cm³/mol. The van der Waals surface area contributed by atoms with Gasteiger partial charge in [-0.2, -0.15) is 0 Å². The molecule has 0 aliphatic heterocycles. The Labute approximate surface area is 190 Å². The van der Waals surface area contributed by atoms with Gasteiger partial charge in [-0.05, 0) is 66.1 Å². The highest BCUT2D eigenvalue weighted by Gasteiger charge is 2.22. The maximum absolute atomic E-state index is 12.9. The quantitative estimate of drug-likeness (QED) is 0.301. The number of hydrogen-bond acceptors (Lipinski definition) is 4. The number of ether oxygens (including phenoxy) is 2. The molecule has 0 atom stereocenters. The molecule has 32 heavy (non-hydrogen) atoms. The summed E-state index contributed by atoms with van der Waals surface area (Å²) in [7, 11) is 0. The van der Waals surface area contributed by atoms with Gasteiger partial charge in [0, 0.05) is 0 Å². The average Bonchev–Trinajstić information content (AvgIpc) is 2.76. The van der Waals surface area contributed by atoms with Gasteiger partial charge in [-0.15, -0.1) is 0 Å². The van der Waals surface area contributed by atoms with Crippen LogP contribution in [0.25, 0.3) is 0 Å². The van der Waals surface area contributed by atoms with Gasteiger partial charge in [-0.3, -0.25) is 0 Å². The van der Waals surface area contributed by atoms with Gasteiger partial charge in [0.1, 0.15) is 0 Å². The van der Waals surface area contributed by atoms with E-state index in [-0.39, 0.29) is 5.75 Å². The fraction of sp³-hybridized carbons (Fsp3) is 0.286. The summed E-state index contributed by atoms with van der Waals surface area (Å²) in [5.74, 6) is 0.374. The van der Waals surface area contributed by atoms with Crippen LogP contribution in [0, 0.1) is 11.8 Å². The minimum absolute atomic E-state index is 0.275. The molecule has 4 heteroatoms. The normalized spacial score (nSPS) is 10.9. The standard InChI is InChI=1S/C28H30O4/c1-19(2)15-21-17-24(16-20(3)4)26(32-28(30)23-13-9-6-10-14-23)25(18-21)31-27(29)22-11-7-5-8-12-22/h5-14,17-20H,15-16H2,1-4H3. The Balaban J connectivity index is 2.05. The minimum Gasteiger partial charge on any atom is -0.419 e. The second-order valence-corrected chi connectivity index (χ2v) is 8.79. The third kappa shape index (κ3) is 6.30. The summed E-state index contributed by atoms with van der Waals surface area (Å²) in [6.07, 6.45) is 1.52. The van der Waals surface area contributed by atoms with E-state index in [1.165, 1.54) is 0 Å². The van der Waals surface area contributed by atoms with Gasteiger partial charge in [0.05, 0.1) is 11.1 Å². The molecule has 0 amide bonds. The molecular formula is C28H30O4. The van der Waals surface area contributed by atoms with E-state index in [1.807, 2.05) is 18.2 Å². The van der Waals surface area contributed by atoms with E-state index in [1.54, 1.807) is 48.5 Å². The molecular weight excluding hydrogens is 400 g/mol. The Bertz CT molecular complexity index is 1050. The van der Waals surface area contributed by atoms with E-state index >= 15 is 0 Å². The molecule has 0 fully saturated rings. The van der Waals surface area contributed by atoms with Crippen molar-refractivity contribution in [1.29, 1.82) is 0 Å². The highest BCUT2D eigenvalue weighted by atomic mass is 16.6. The number of hydrogen-bond donors (Lipinski definition) is 0. The van der Waals surface area contributed by atoms with Gasteiger partial charge in [0.2, 0.25) is 0 Å². The van der Waals surface area contributed by atoms with Crippen LogP contribution >= 0.6 is 0 Å². The van der Waals surface area contributed by atoms with Gasteiger partial charge < -0.3 is 9.47 Å². The van der Waals surface area contributed by atoms with E-state index in [4.69, 9.17) is 9.47 Å². The second-order valence-electron chi connectivity index (χ2n) is 8.79. The molecule has 0 saturated heterocycles. The summed E-state index contributed by atoms with van der Waals surface area (Å²) >= 11 is 0. The molecule has 0 heterocycles. The zero-order valence-electron chi connectivity index (χ0n) is 19.1. The lowest BCUT2D eigenvalue weighted by Gasteiger charge is -2.18. The molecule has 0 saturated carbocycles. The largest absolute Gasteiger partial charge is 0.419 e. The van der Waals surface area contributed by atoms with Crippen LogP contribution in [0.4, 0.5) is 0 Å². The topological polar surface area (TPSA) is 52.6 Å². The van der Waals surface area contributed by atoms with Gasteiger partial charge in [-0.25, -0.2) is 9.59 Å². The smallest absolute Gasteiger partial charge is 0.343 e. The Morgan fingerprint density at radius 2 is 1.19 bits per heavy atom. The molecule has 0 aliphatic carbocycles.